The van der Waals surface area contributed by atoms with Gasteiger partial charge in [-0.1, -0.05) is 40.5 Å². The Kier molecular flexibility index (Phi) is 7.14. The molecule has 0 aromatic heterocycles. The van der Waals surface area contributed by atoms with Gasteiger partial charge in [0.15, 0.2) is 0 Å². The molecule has 0 aromatic rings. The van der Waals surface area contributed by atoms with Crippen molar-refractivity contribution >= 4 is 0 Å². The number of hydrogen-bond donors (Lipinski definition) is 1. The van der Waals surface area contributed by atoms with E-state index >= 15 is 0 Å². The zero-order valence-corrected chi connectivity index (χ0v) is 12.3. The van der Waals surface area contributed by atoms with Crippen molar-refractivity contribution in [3.63, 3.8) is 0 Å². The predicted octanol–water partition coefficient (Wildman–Crippen LogP) is 3.28. The van der Waals surface area contributed by atoms with E-state index in [2.05, 4.69) is 37.9 Å². The minimum atomic E-state index is 0.738. The molecule has 0 saturated heterocycles. The molecule has 1 N–H and O–H groups in total. The van der Waals surface area contributed by atoms with E-state index in [0.29, 0.717) is 0 Å². The van der Waals surface area contributed by atoms with E-state index in [4.69, 9.17) is 0 Å². The minimum absolute atomic E-state index is 0.738. The zero-order valence-electron chi connectivity index (χ0n) is 12.3. The molecule has 1 aliphatic rings. The fourth-order valence-corrected chi connectivity index (χ4v) is 3.09. The zero-order chi connectivity index (χ0) is 12.7. The molecule has 0 amide bonds. The van der Waals surface area contributed by atoms with Crippen LogP contribution in [0, 0.1) is 5.92 Å². The maximum Gasteiger partial charge on any atom is 0.0220 e. The molecule has 0 aromatic carbocycles. The summed E-state index contributed by atoms with van der Waals surface area (Å²) in [7, 11) is 0. The summed E-state index contributed by atoms with van der Waals surface area (Å²) < 4.78 is 0. The van der Waals surface area contributed by atoms with Gasteiger partial charge in [-0.25, -0.2) is 0 Å². The van der Waals surface area contributed by atoms with Gasteiger partial charge in [0.05, 0.1) is 0 Å². The highest BCUT2D eigenvalue weighted by molar-refractivity contribution is 4.82. The molecule has 2 heteroatoms. The van der Waals surface area contributed by atoms with Gasteiger partial charge in [0.1, 0.15) is 0 Å². The maximum atomic E-state index is 3.63. The van der Waals surface area contributed by atoms with E-state index in [1.165, 1.54) is 45.2 Å². The van der Waals surface area contributed by atoms with Gasteiger partial charge in [-0.05, 0) is 38.3 Å². The van der Waals surface area contributed by atoms with Gasteiger partial charge in [0.2, 0.25) is 0 Å². The Balaban J connectivity index is 2.39. The molecule has 2 nitrogen and oxygen atoms in total. The summed E-state index contributed by atoms with van der Waals surface area (Å²) >= 11 is 0. The molecule has 1 saturated carbocycles. The second kappa shape index (κ2) is 8.10. The standard InChI is InChI=1S/C15H32N2/c1-5-14(12-16-11-13(3)4)17(6-2)15-9-7-8-10-15/h13-16H,5-12H2,1-4H3. The maximum absolute atomic E-state index is 3.63. The van der Waals surface area contributed by atoms with Crippen molar-refractivity contribution in [2.45, 2.75) is 71.9 Å². The Morgan fingerprint density at radius 3 is 2.24 bits per heavy atom. The molecule has 1 atom stereocenters. The van der Waals surface area contributed by atoms with Crippen molar-refractivity contribution in [3.8, 4) is 0 Å². The lowest BCUT2D eigenvalue weighted by Gasteiger charge is -2.35. The lowest BCUT2D eigenvalue weighted by molar-refractivity contribution is 0.136. The van der Waals surface area contributed by atoms with Crippen LogP contribution in [0.15, 0.2) is 0 Å². The van der Waals surface area contributed by atoms with Gasteiger partial charge in [0.25, 0.3) is 0 Å². The van der Waals surface area contributed by atoms with Crippen LogP contribution >= 0.6 is 0 Å². The molecule has 1 fully saturated rings. The third-order valence-electron chi connectivity index (χ3n) is 4.03. The summed E-state index contributed by atoms with van der Waals surface area (Å²) in [4.78, 5) is 2.75. The van der Waals surface area contributed by atoms with Crippen molar-refractivity contribution in [1.29, 1.82) is 0 Å². The Labute approximate surface area is 108 Å². The van der Waals surface area contributed by atoms with Gasteiger partial charge >= 0.3 is 0 Å². The fraction of sp³-hybridized carbons (Fsp3) is 1.00. The van der Waals surface area contributed by atoms with Gasteiger partial charge in [-0.3, -0.25) is 4.90 Å². The quantitative estimate of drug-likeness (QED) is 0.700. The van der Waals surface area contributed by atoms with Gasteiger partial charge in [-0.15, -0.1) is 0 Å². The van der Waals surface area contributed by atoms with E-state index in [1.807, 2.05) is 0 Å². The Morgan fingerprint density at radius 2 is 1.76 bits per heavy atom. The van der Waals surface area contributed by atoms with Gasteiger partial charge in [0, 0.05) is 18.6 Å². The van der Waals surface area contributed by atoms with Crippen LogP contribution in [0.4, 0.5) is 0 Å². The Bertz CT molecular complexity index is 185. The normalized spacial score (nSPS) is 19.4. The molecule has 0 radical (unpaired) electrons. The summed E-state index contributed by atoms with van der Waals surface area (Å²) in [6, 6.07) is 1.60. The first-order chi connectivity index (χ1) is 8.19. The third-order valence-corrected chi connectivity index (χ3v) is 4.03. The molecule has 102 valence electrons. The summed E-state index contributed by atoms with van der Waals surface area (Å²) in [6.45, 7) is 12.7. The first-order valence-corrected chi connectivity index (χ1v) is 7.65. The topological polar surface area (TPSA) is 15.3 Å². The number of hydrogen-bond acceptors (Lipinski definition) is 2. The molecule has 0 spiro atoms. The molecule has 0 heterocycles. The molecular weight excluding hydrogens is 208 g/mol. The van der Waals surface area contributed by atoms with Crippen molar-refractivity contribution < 1.29 is 0 Å². The first kappa shape index (κ1) is 15.0. The minimum Gasteiger partial charge on any atom is -0.315 e. The van der Waals surface area contributed by atoms with Crippen LogP contribution in [0.25, 0.3) is 0 Å². The SMILES string of the molecule is CCC(CNCC(C)C)N(CC)C1CCCC1. The van der Waals surface area contributed by atoms with E-state index in [1.54, 1.807) is 0 Å². The molecule has 1 rings (SSSR count). The second-order valence-corrected chi connectivity index (χ2v) is 5.88. The van der Waals surface area contributed by atoms with E-state index in [-0.39, 0.29) is 0 Å². The molecular formula is C15H32N2. The van der Waals surface area contributed by atoms with Crippen LogP contribution < -0.4 is 5.32 Å². The molecule has 1 aliphatic carbocycles. The Hall–Kier alpha value is -0.0800. The summed E-state index contributed by atoms with van der Waals surface area (Å²) in [6.07, 6.45) is 7.01. The highest BCUT2D eigenvalue weighted by atomic mass is 15.2. The average Bonchev–Trinajstić information content (AvgIpc) is 2.81. The highest BCUT2D eigenvalue weighted by Crippen LogP contribution is 2.25. The van der Waals surface area contributed by atoms with Crippen LogP contribution in [0.5, 0.6) is 0 Å². The molecule has 0 aliphatic heterocycles. The summed E-state index contributed by atoms with van der Waals surface area (Å²) in [5.41, 5.74) is 0. The summed E-state index contributed by atoms with van der Waals surface area (Å²) in [5, 5.41) is 3.63. The van der Waals surface area contributed by atoms with E-state index in [9.17, 15) is 0 Å². The van der Waals surface area contributed by atoms with E-state index in [0.717, 1.165) is 24.5 Å². The smallest absolute Gasteiger partial charge is 0.0220 e. The number of nitrogens with zero attached hydrogens (tertiary/aromatic N) is 1. The van der Waals surface area contributed by atoms with Gasteiger partial charge < -0.3 is 5.32 Å². The van der Waals surface area contributed by atoms with Crippen LogP contribution in [-0.4, -0.2) is 36.6 Å². The van der Waals surface area contributed by atoms with Crippen LogP contribution in [-0.2, 0) is 0 Å². The fourth-order valence-electron chi connectivity index (χ4n) is 3.09. The lowest BCUT2D eigenvalue weighted by atomic mass is 10.1. The van der Waals surface area contributed by atoms with Gasteiger partial charge in [-0.2, -0.15) is 0 Å². The Morgan fingerprint density at radius 1 is 1.12 bits per heavy atom. The third kappa shape index (κ3) is 4.97. The van der Waals surface area contributed by atoms with Crippen molar-refractivity contribution in [2.75, 3.05) is 19.6 Å². The first-order valence-electron chi connectivity index (χ1n) is 7.65. The largest absolute Gasteiger partial charge is 0.315 e. The molecule has 17 heavy (non-hydrogen) atoms. The average molecular weight is 240 g/mol. The van der Waals surface area contributed by atoms with Crippen LogP contribution in [0.1, 0.15) is 59.8 Å². The highest BCUT2D eigenvalue weighted by Gasteiger charge is 2.26. The predicted molar refractivity (Wildman–Crippen MR) is 76.4 cm³/mol. The second-order valence-electron chi connectivity index (χ2n) is 5.88. The van der Waals surface area contributed by atoms with Crippen molar-refractivity contribution in [3.05, 3.63) is 0 Å². The number of nitrogens with one attached hydrogen (secondary N) is 1. The lowest BCUT2D eigenvalue weighted by Crippen LogP contribution is -2.47. The number of rotatable bonds is 8. The molecule has 1 unspecified atom stereocenters. The van der Waals surface area contributed by atoms with Crippen molar-refractivity contribution in [1.82, 2.24) is 10.2 Å². The molecule has 0 bridgehead atoms. The van der Waals surface area contributed by atoms with Crippen molar-refractivity contribution in [2.24, 2.45) is 5.92 Å². The number of likely N-dealkylation sites (N-methyl/N-ethyl adjacent to an activating group) is 1. The summed E-state index contributed by atoms with van der Waals surface area (Å²) in [5.74, 6) is 0.758. The monoisotopic (exact) mass is 240 g/mol. The van der Waals surface area contributed by atoms with Crippen LogP contribution in [0.2, 0.25) is 0 Å². The van der Waals surface area contributed by atoms with E-state index < -0.39 is 0 Å². The van der Waals surface area contributed by atoms with Crippen LogP contribution in [0.3, 0.4) is 0 Å².